The molecule has 1 saturated heterocycles. The van der Waals surface area contributed by atoms with Gasteiger partial charge < -0.3 is 10.6 Å². The summed E-state index contributed by atoms with van der Waals surface area (Å²) in [6.07, 6.45) is -0.822. The summed E-state index contributed by atoms with van der Waals surface area (Å²) in [5, 5.41) is 5.80. The molecule has 172 valence electrons. The van der Waals surface area contributed by atoms with Gasteiger partial charge in [0.25, 0.3) is 0 Å². The first kappa shape index (κ1) is 23.3. The van der Waals surface area contributed by atoms with E-state index in [1.807, 2.05) is 5.32 Å². The van der Waals surface area contributed by atoms with Crippen molar-refractivity contribution in [2.45, 2.75) is 31.1 Å². The molecule has 1 fully saturated rings. The zero-order valence-corrected chi connectivity index (χ0v) is 18.6. The number of Topliss-reactive ketones (excluding diaryl/α,β-unsaturated/α-hetero) is 1. The van der Waals surface area contributed by atoms with Crippen LogP contribution < -0.4 is 10.6 Å². The van der Waals surface area contributed by atoms with Crippen LogP contribution in [0.5, 0.6) is 0 Å². The van der Waals surface area contributed by atoms with Crippen molar-refractivity contribution >= 4 is 34.6 Å². The number of nitrogens with one attached hydrogen (secondary N) is 2. The molecule has 4 rings (SSSR count). The van der Waals surface area contributed by atoms with Gasteiger partial charge >= 0.3 is 12.1 Å². The van der Waals surface area contributed by atoms with Crippen LogP contribution in [-0.4, -0.2) is 46.5 Å². The third-order valence-corrected chi connectivity index (χ3v) is 6.57. The lowest BCUT2D eigenvalue weighted by atomic mass is 9.98. The molecular weight excluding hydrogens is 477 g/mol. The highest BCUT2D eigenvalue weighted by Crippen LogP contribution is 2.37. The van der Waals surface area contributed by atoms with Gasteiger partial charge in [-0.2, -0.15) is 13.2 Å². The van der Waals surface area contributed by atoms with Crippen LogP contribution >= 0.6 is 22.9 Å². The van der Waals surface area contributed by atoms with E-state index in [-0.39, 0.29) is 5.69 Å². The van der Waals surface area contributed by atoms with Gasteiger partial charge in [0.1, 0.15) is 16.7 Å². The first-order valence-corrected chi connectivity index (χ1v) is 11.3. The molecule has 2 N–H and O–H groups in total. The van der Waals surface area contributed by atoms with Crippen LogP contribution in [0, 0.1) is 0 Å². The second-order valence-electron chi connectivity index (χ2n) is 7.46. The van der Waals surface area contributed by atoms with Crippen molar-refractivity contribution in [3.8, 4) is 21.0 Å². The Morgan fingerprint density at radius 3 is 2.64 bits per heavy atom. The monoisotopic (exact) mass is 494 g/mol. The number of hydrogen-bond donors (Lipinski definition) is 2. The van der Waals surface area contributed by atoms with Crippen molar-refractivity contribution in [2.75, 3.05) is 6.54 Å². The lowest BCUT2D eigenvalue weighted by Gasteiger charge is -2.24. The van der Waals surface area contributed by atoms with Crippen LogP contribution in [0.4, 0.5) is 13.2 Å². The molecule has 3 heterocycles. The van der Waals surface area contributed by atoms with E-state index in [2.05, 4.69) is 15.3 Å². The van der Waals surface area contributed by atoms with Crippen LogP contribution in [0.3, 0.4) is 0 Å². The van der Waals surface area contributed by atoms with Crippen LogP contribution in [0.25, 0.3) is 21.0 Å². The average molecular weight is 495 g/mol. The van der Waals surface area contributed by atoms with Crippen LogP contribution in [0.2, 0.25) is 5.02 Å². The number of carbonyl (C=O) groups excluding carboxylic acids is 2. The second kappa shape index (κ2) is 9.58. The van der Waals surface area contributed by atoms with E-state index >= 15 is 0 Å². The molecule has 2 aromatic heterocycles. The van der Waals surface area contributed by atoms with Crippen molar-refractivity contribution in [3.63, 3.8) is 0 Å². The number of alkyl halides is 3. The van der Waals surface area contributed by atoms with Gasteiger partial charge in [0, 0.05) is 29.0 Å². The minimum Gasteiger partial charge on any atom is -0.336 e. The van der Waals surface area contributed by atoms with E-state index in [9.17, 15) is 22.8 Å². The van der Waals surface area contributed by atoms with E-state index < -0.39 is 30.0 Å². The third kappa shape index (κ3) is 5.23. The number of hydrogen-bond acceptors (Lipinski definition) is 6. The molecule has 1 amide bonds. The van der Waals surface area contributed by atoms with Gasteiger partial charge in [-0.3, -0.25) is 14.6 Å². The Bertz CT molecular complexity index is 1160. The Morgan fingerprint density at radius 2 is 2.00 bits per heavy atom. The van der Waals surface area contributed by atoms with E-state index in [0.29, 0.717) is 45.4 Å². The SMILES string of the molecule is O=C(c1nc(-c2cccnc2)sc1-c1cccc(Cl)c1)C(NC(=O)C(F)(F)F)C1CCCN1. The molecule has 0 saturated carbocycles. The highest BCUT2D eigenvalue weighted by molar-refractivity contribution is 7.18. The van der Waals surface area contributed by atoms with E-state index in [4.69, 9.17) is 11.6 Å². The van der Waals surface area contributed by atoms with Gasteiger partial charge in [-0.05, 0) is 49.2 Å². The first-order chi connectivity index (χ1) is 15.7. The standard InChI is InChI=1S/C22H18ClF3N4O2S/c23-14-6-1-4-12(10-14)19-17(29-20(33-19)13-5-2-8-27-11-13)18(31)16(15-7-3-9-28-15)30-21(32)22(24,25)26/h1-2,4-6,8,10-11,15-16,28H,3,7,9H2,(H,30,32). The molecule has 6 nitrogen and oxygen atoms in total. The maximum atomic E-state index is 13.6. The minimum absolute atomic E-state index is 0.0257. The smallest absolute Gasteiger partial charge is 0.336 e. The maximum Gasteiger partial charge on any atom is 0.471 e. The molecular formula is C22H18ClF3N4O2S. The Hall–Kier alpha value is -2.82. The van der Waals surface area contributed by atoms with Crippen molar-refractivity contribution < 1.29 is 22.8 Å². The summed E-state index contributed by atoms with van der Waals surface area (Å²) in [6, 6.07) is 8.18. The van der Waals surface area contributed by atoms with Crippen LogP contribution in [-0.2, 0) is 4.79 Å². The molecule has 1 aliphatic rings. The van der Waals surface area contributed by atoms with Gasteiger partial charge in [-0.15, -0.1) is 11.3 Å². The summed E-state index contributed by atoms with van der Waals surface area (Å²) >= 11 is 7.33. The van der Waals surface area contributed by atoms with Gasteiger partial charge in [0.15, 0.2) is 0 Å². The van der Waals surface area contributed by atoms with Gasteiger partial charge in [-0.25, -0.2) is 4.98 Å². The highest BCUT2D eigenvalue weighted by atomic mass is 35.5. The van der Waals surface area contributed by atoms with Crippen LogP contribution in [0.1, 0.15) is 23.3 Å². The molecule has 11 heteroatoms. The number of nitrogens with zero attached hydrogens (tertiary/aromatic N) is 2. The Morgan fingerprint density at radius 1 is 1.21 bits per heavy atom. The summed E-state index contributed by atoms with van der Waals surface area (Å²) in [7, 11) is 0. The lowest BCUT2D eigenvalue weighted by Crippen LogP contribution is -2.55. The minimum atomic E-state index is -5.12. The molecule has 3 aromatic rings. The highest BCUT2D eigenvalue weighted by Gasteiger charge is 2.44. The van der Waals surface area contributed by atoms with Gasteiger partial charge in [-0.1, -0.05) is 23.7 Å². The number of rotatable bonds is 6. The number of amides is 1. The van der Waals surface area contributed by atoms with Crippen molar-refractivity contribution in [1.29, 1.82) is 0 Å². The zero-order chi connectivity index (χ0) is 23.6. The second-order valence-corrected chi connectivity index (χ2v) is 8.90. The summed E-state index contributed by atoms with van der Waals surface area (Å²) in [4.78, 5) is 34.3. The zero-order valence-electron chi connectivity index (χ0n) is 17.0. The Kier molecular flexibility index (Phi) is 6.78. The largest absolute Gasteiger partial charge is 0.471 e. The molecule has 2 atom stereocenters. The molecule has 33 heavy (non-hydrogen) atoms. The number of benzene rings is 1. The number of halogens is 4. The summed E-state index contributed by atoms with van der Waals surface area (Å²) in [5.41, 5.74) is 1.22. The number of ketones is 1. The molecule has 0 radical (unpaired) electrons. The third-order valence-electron chi connectivity index (χ3n) is 5.18. The quantitative estimate of drug-likeness (QED) is 0.493. The lowest BCUT2D eigenvalue weighted by molar-refractivity contribution is -0.174. The predicted octanol–water partition coefficient (Wildman–Crippen LogP) is 4.51. The predicted molar refractivity (Wildman–Crippen MR) is 119 cm³/mol. The summed E-state index contributed by atoms with van der Waals surface area (Å²) < 4.78 is 39.0. The molecule has 2 unspecified atom stereocenters. The molecule has 1 aliphatic heterocycles. The molecule has 0 aliphatic carbocycles. The first-order valence-electron chi connectivity index (χ1n) is 10.1. The number of aromatic nitrogens is 2. The summed E-state index contributed by atoms with van der Waals surface area (Å²) in [6.45, 7) is 0.537. The fraction of sp³-hybridized carbons (Fsp3) is 0.273. The van der Waals surface area contributed by atoms with Crippen molar-refractivity contribution in [2.24, 2.45) is 0 Å². The van der Waals surface area contributed by atoms with Gasteiger partial charge in [0.05, 0.1) is 4.88 Å². The number of pyridine rings is 1. The normalized spacial score (nSPS) is 17.0. The van der Waals surface area contributed by atoms with Crippen molar-refractivity contribution in [3.05, 3.63) is 59.5 Å². The van der Waals surface area contributed by atoms with E-state index in [0.717, 1.165) is 0 Å². The fourth-order valence-corrected chi connectivity index (χ4v) is 4.89. The topological polar surface area (TPSA) is 84.0 Å². The Labute approximate surface area is 196 Å². The molecule has 1 aromatic carbocycles. The van der Waals surface area contributed by atoms with Crippen LogP contribution in [0.15, 0.2) is 48.8 Å². The van der Waals surface area contributed by atoms with E-state index in [1.54, 1.807) is 48.8 Å². The maximum absolute atomic E-state index is 13.6. The van der Waals surface area contributed by atoms with Gasteiger partial charge in [0.2, 0.25) is 5.78 Å². The van der Waals surface area contributed by atoms with Crippen molar-refractivity contribution in [1.82, 2.24) is 20.6 Å². The molecule has 0 spiro atoms. The van der Waals surface area contributed by atoms with E-state index in [1.165, 1.54) is 11.3 Å². The number of thiazole rings is 1. The fourth-order valence-electron chi connectivity index (χ4n) is 3.64. The Balaban J connectivity index is 1.79. The molecule has 0 bridgehead atoms. The number of carbonyl (C=O) groups is 2. The summed E-state index contributed by atoms with van der Waals surface area (Å²) in [5.74, 6) is -2.87. The average Bonchev–Trinajstić information content (AvgIpc) is 3.47.